The van der Waals surface area contributed by atoms with Gasteiger partial charge in [0.05, 0.1) is 0 Å². The zero-order valence-electron chi connectivity index (χ0n) is 35.3. The minimum Gasteiger partial charge on any atom is -0.679 e. The Labute approximate surface area is 382 Å². The first-order valence-corrected chi connectivity index (χ1v) is 23.7. The van der Waals surface area contributed by atoms with Crippen molar-refractivity contribution in [2.24, 2.45) is 5.92 Å². The van der Waals surface area contributed by atoms with Crippen molar-refractivity contribution < 1.29 is 85.0 Å². The number of Topliss-reactive ketones (excluding diaryl/α,β-unsaturated/α-hetero) is 2. The second kappa shape index (κ2) is 43.6. The minimum absolute atomic E-state index is 0. The fourth-order valence-corrected chi connectivity index (χ4v) is 5.79. The van der Waals surface area contributed by atoms with Gasteiger partial charge in [-0.2, -0.15) is 13.1 Å². The minimum atomic E-state index is -0.552. The smallest absolute Gasteiger partial charge is 0 e. The zero-order chi connectivity index (χ0) is 44.7. The van der Waals surface area contributed by atoms with Gasteiger partial charge in [-0.25, -0.2) is 15.2 Å². The molecule has 0 aromatic heterocycles. The van der Waals surface area contributed by atoms with Crippen molar-refractivity contribution in [1.82, 2.24) is 25.8 Å². The Hall–Kier alpha value is -2.05. The number of hydrogen-bond donors (Lipinski definition) is 5. The number of hydroxylamine groups is 6. The molecule has 18 nitrogen and oxygen atoms in total. The van der Waals surface area contributed by atoms with Crippen molar-refractivity contribution in [3.63, 3.8) is 0 Å². The van der Waals surface area contributed by atoms with Crippen LogP contribution >= 0.6 is 9.42 Å². The van der Waals surface area contributed by atoms with E-state index < -0.39 is 17.7 Å². The van der Waals surface area contributed by atoms with E-state index in [9.17, 15) is 49.2 Å². The molecule has 1 saturated heterocycles. The van der Waals surface area contributed by atoms with Crippen LogP contribution < -0.4 is 10.6 Å². The number of nitrogens with zero attached hydrogens (tertiary/aromatic N) is 4. The first kappa shape index (κ1) is 62.2. The number of amides is 5. The van der Waals surface area contributed by atoms with Crippen LogP contribution in [-0.2, 0) is 69.4 Å². The first-order valence-electron chi connectivity index (χ1n) is 20.9. The molecular formula is C39H71ClFeN8O10Pt-3. The van der Waals surface area contributed by atoms with E-state index in [0.717, 1.165) is 45.2 Å². The van der Waals surface area contributed by atoms with Crippen LogP contribution in [0.15, 0.2) is 0 Å². The van der Waals surface area contributed by atoms with E-state index in [-0.39, 0.29) is 112 Å². The van der Waals surface area contributed by atoms with Gasteiger partial charge in [0, 0.05) is 108 Å². The van der Waals surface area contributed by atoms with E-state index in [2.05, 4.69) is 25.4 Å². The molecule has 1 aliphatic rings. The van der Waals surface area contributed by atoms with Gasteiger partial charge in [0.1, 0.15) is 11.6 Å². The summed E-state index contributed by atoms with van der Waals surface area (Å²) in [6.07, 6.45) is 10.5. The molecule has 7 N–H and O–H groups in total. The number of rotatable bonds is 32. The number of hydrogen-bond acceptors (Lipinski definition) is 10. The second-order valence-electron chi connectivity index (χ2n) is 14.4. The van der Waals surface area contributed by atoms with Gasteiger partial charge in [0.25, 0.3) is 0 Å². The molecule has 60 heavy (non-hydrogen) atoms. The molecule has 0 unspecified atom stereocenters. The van der Waals surface area contributed by atoms with Crippen LogP contribution in [0.1, 0.15) is 142 Å². The molecule has 1 rings (SSSR count). The summed E-state index contributed by atoms with van der Waals surface area (Å²) in [7, 11) is 4.61. The summed E-state index contributed by atoms with van der Waals surface area (Å²) in [5, 5.41) is 41.0. The van der Waals surface area contributed by atoms with Crippen LogP contribution in [0.5, 0.6) is 0 Å². The topological polar surface area (TPSA) is 276 Å². The van der Waals surface area contributed by atoms with Crippen LogP contribution in [0.4, 0.5) is 0 Å². The molecule has 5 amide bonds. The quantitative estimate of drug-likeness (QED) is 0.0227. The van der Waals surface area contributed by atoms with Crippen molar-refractivity contribution >= 4 is 50.5 Å². The number of carbonyl (C=O) groups is 7. The van der Waals surface area contributed by atoms with Crippen molar-refractivity contribution in [2.45, 2.75) is 142 Å². The third kappa shape index (κ3) is 38.8. The predicted octanol–water partition coefficient (Wildman–Crippen LogP) is 6.00. The number of carbonyl (C=O) groups excluding carboxylic acids is 7. The molecule has 0 atom stereocenters. The Morgan fingerprint density at radius 1 is 0.583 bits per heavy atom. The molecular weight excluding hydrogens is 1030 g/mol. The molecule has 0 bridgehead atoms. The molecule has 1 aliphatic heterocycles. The molecule has 0 spiro atoms. The van der Waals surface area contributed by atoms with Crippen LogP contribution in [0.25, 0.3) is 16.8 Å². The van der Waals surface area contributed by atoms with Crippen molar-refractivity contribution in [3.05, 3.63) is 16.8 Å². The van der Waals surface area contributed by atoms with Gasteiger partial charge in [-0.3, -0.25) is 49.2 Å². The Morgan fingerprint density at radius 2 is 0.983 bits per heavy atom. The van der Waals surface area contributed by atoms with Crippen LogP contribution in [0.3, 0.4) is 0 Å². The maximum atomic E-state index is 12.2. The van der Waals surface area contributed by atoms with Gasteiger partial charge in [-0.1, -0.05) is 25.7 Å². The Morgan fingerprint density at radius 3 is 1.47 bits per heavy atom. The number of piperidine rings is 1. The van der Waals surface area contributed by atoms with Crippen LogP contribution in [0, 0.1) is 5.92 Å². The van der Waals surface area contributed by atoms with Gasteiger partial charge in [0.15, 0.2) is 0 Å². The van der Waals surface area contributed by atoms with Gasteiger partial charge < -0.3 is 27.4 Å². The third-order valence-corrected chi connectivity index (χ3v) is 9.41. The molecule has 1 fully saturated rings. The summed E-state index contributed by atoms with van der Waals surface area (Å²) < 4.78 is 0. The summed E-state index contributed by atoms with van der Waals surface area (Å²) in [5.74, 6) is -1.33. The largest absolute Gasteiger partial charge is 0.679 e. The number of ketones is 2. The molecule has 21 heteroatoms. The number of halogens is 1. The maximum absolute atomic E-state index is 12.2. The van der Waals surface area contributed by atoms with Gasteiger partial charge in [0.2, 0.25) is 29.5 Å². The van der Waals surface area contributed by atoms with Gasteiger partial charge >= 0.3 is 28.2 Å². The normalized spacial score (nSPS) is 12.0. The van der Waals surface area contributed by atoms with E-state index in [0.29, 0.717) is 98.4 Å². The van der Waals surface area contributed by atoms with Gasteiger partial charge in [-0.05, 0) is 63.7 Å². The number of unbranched alkanes of at least 4 members (excludes halogenated alkanes) is 7. The summed E-state index contributed by atoms with van der Waals surface area (Å²) in [6, 6.07) is 0. The molecule has 0 saturated carbocycles. The fourth-order valence-electron chi connectivity index (χ4n) is 5.79. The van der Waals surface area contributed by atoms with E-state index >= 15 is 0 Å². The Kier molecular flexibility index (Phi) is 45.2. The van der Waals surface area contributed by atoms with Gasteiger partial charge in [-0.15, -0.1) is 13.1 Å². The zero-order valence-corrected chi connectivity index (χ0v) is 39.5. The van der Waals surface area contributed by atoms with E-state index in [1.807, 2.05) is 0 Å². The van der Waals surface area contributed by atoms with Crippen molar-refractivity contribution in [3.8, 4) is 0 Å². The molecule has 0 aromatic carbocycles. The predicted molar refractivity (Wildman–Crippen MR) is 220 cm³/mol. The Bertz CT molecular complexity index is 1180. The SMILES string of the molecule is CC(=O)N(O)CCCCCCC(=O)CCC(=O)N(O)CCCCCNC(=O)CCC(=O)N(O)CCCCCNC(=O)CCC(=O)CCC1CC[N-]CC1.[Cl][Pt].[Fe].[NH-]CC[NH-]. The molecule has 0 radical (unpaired) electrons. The van der Waals surface area contributed by atoms with E-state index in [4.69, 9.17) is 11.5 Å². The molecule has 0 aliphatic carbocycles. The van der Waals surface area contributed by atoms with Crippen molar-refractivity contribution in [2.75, 3.05) is 58.9 Å². The average molecular weight is 1100 g/mol. The second-order valence-corrected chi connectivity index (χ2v) is 14.4. The first-order chi connectivity index (χ1) is 28.3. The summed E-state index contributed by atoms with van der Waals surface area (Å²) >= 11 is 1.61. The Balaban J connectivity index is -0.00000436. The van der Waals surface area contributed by atoms with E-state index in [1.54, 1.807) is 18.8 Å². The van der Waals surface area contributed by atoms with E-state index in [1.165, 1.54) is 6.92 Å². The fraction of sp³-hybridized carbons (Fsp3) is 0.821. The standard InChI is InChI=1S/C37H65N6O10.C2H6N2.ClH.Fe.Pt/c1-30(44)41(51)27-9-3-2-6-12-32(45)16-19-36(49)42(52)28-10-5-8-24-40-35(48)18-20-37(50)43(53)29-11-4-7-23-39-34(47)17-15-33(46)14-13-31-21-25-38-26-22-31;3-1-2-4;;;/h31,51-53H,2-29H2,1H3,(H,39,47)(H,40,48);3-4H,1-2H2;1H;;/q-1;-2;;;+1/p-1. The monoisotopic (exact) mass is 1100 g/mol. The average Bonchev–Trinajstić information content (AvgIpc) is 3.24. The summed E-state index contributed by atoms with van der Waals surface area (Å²) in [6.45, 7) is 4.83. The summed E-state index contributed by atoms with van der Waals surface area (Å²) in [5.41, 5.74) is 12.5. The molecule has 355 valence electrons. The third-order valence-electron chi connectivity index (χ3n) is 9.41. The molecule has 0 aromatic rings. The molecule has 1 heterocycles. The van der Waals surface area contributed by atoms with Crippen LogP contribution in [0.2, 0.25) is 0 Å². The maximum Gasteiger partial charge on any atom is 0 e. The summed E-state index contributed by atoms with van der Waals surface area (Å²) in [4.78, 5) is 83.5. The van der Waals surface area contributed by atoms with Crippen LogP contribution in [-0.4, -0.2) is 131 Å². The van der Waals surface area contributed by atoms with Crippen molar-refractivity contribution in [1.29, 1.82) is 0 Å². The number of nitrogens with one attached hydrogen (secondary N) is 4.